The number of carbonyl (C=O) groups excluding carboxylic acids is 2. The van der Waals surface area contributed by atoms with E-state index in [0.29, 0.717) is 11.4 Å². The number of hydrogen-bond donors (Lipinski definition) is 1. The Balaban J connectivity index is 2.10. The molecule has 1 atom stereocenters. The van der Waals surface area contributed by atoms with Crippen LogP contribution >= 0.6 is 0 Å². The molecule has 0 aliphatic heterocycles. The van der Waals surface area contributed by atoms with Crippen molar-refractivity contribution in [3.05, 3.63) is 35.2 Å². The number of nitrogens with zero attached hydrogens (tertiary/aromatic N) is 2. The van der Waals surface area contributed by atoms with Gasteiger partial charge in [0.15, 0.2) is 17.6 Å². The highest BCUT2D eigenvalue weighted by molar-refractivity contribution is 5.98. The fraction of sp³-hybridized carbons (Fsp3) is 0.421. The lowest BCUT2D eigenvalue weighted by atomic mass is 10.2. The summed E-state index contributed by atoms with van der Waals surface area (Å²) < 4.78 is 41.4. The molecule has 158 valence electrons. The molecule has 0 bridgehead atoms. The van der Waals surface area contributed by atoms with E-state index in [1.165, 1.54) is 25.1 Å². The number of hydrogen-bond acceptors (Lipinski definition) is 6. The molecular formula is C19H23F2N3O5. The Hall–Kier alpha value is -3.17. The number of aryl methyl sites for hydroxylation is 2. The number of anilines is 1. The molecule has 1 heterocycles. The maximum absolute atomic E-state index is 12.5. The molecule has 0 aliphatic carbocycles. The van der Waals surface area contributed by atoms with Crippen molar-refractivity contribution in [1.82, 2.24) is 9.78 Å². The summed E-state index contributed by atoms with van der Waals surface area (Å²) in [4.78, 5) is 24.8. The summed E-state index contributed by atoms with van der Waals surface area (Å²) in [6.07, 6.45) is -1.10. The lowest BCUT2D eigenvalue weighted by molar-refractivity contribution is -0.123. The smallest absolute Gasteiger partial charge is 0.387 e. The summed E-state index contributed by atoms with van der Waals surface area (Å²) in [7, 11) is 1.75. The van der Waals surface area contributed by atoms with Crippen LogP contribution in [0.2, 0.25) is 0 Å². The van der Waals surface area contributed by atoms with Crippen LogP contribution < -0.4 is 14.8 Å². The molecule has 10 heteroatoms. The number of carbonyl (C=O) groups is 2. The molecule has 1 aromatic heterocycles. The van der Waals surface area contributed by atoms with Gasteiger partial charge in [-0.05, 0) is 45.9 Å². The van der Waals surface area contributed by atoms with Gasteiger partial charge < -0.3 is 19.5 Å². The summed E-state index contributed by atoms with van der Waals surface area (Å²) in [6, 6.07) is 3.66. The minimum absolute atomic E-state index is 0.0269. The lowest BCUT2D eigenvalue weighted by Gasteiger charge is -2.15. The number of aromatic nitrogens is 2. The number of esters is 1. The zero-order chi connectivity index (χ0) is 21.7. The summed E-state index contributed by atoms with van der Waals surface area (Å²) >= 11 is 0. The maximum Gasteiger partial charge on any atom is 0.387 e. The van der Waals surface area contributed by atoms with E-state index >= 15 is 0 Å². The van der Waals surface area contributed by atoms with Gasteiger partial charge in [0.1, 0.15) is 0 Å². The highest BCUT2D eigenvalue weighted by Crippen LogP contribution is 2.30. The van der Waals surface area contributed by atoms with Crippen LogP contribution in [0.15, 0.2) is 18.2 Å². The van der Waals surface area contributed by atoms with Crippen LogP contribution in [0.3, 0.4) is 0 Å². The Morgan fingerprint density at radius 3 is 2.48 bits per heavy atom. The molecule has 0 saturated carbocycles. The predicted molar refractivity (Wildman–Crippen MR) is 100 cm³/mol. The third kappa shape index (κ3) is 5.43. The van der Waals surface area contributed by atoms with Crippen LogP contribution in [0.25, 0.3) is 0 Å². The van der Waals surface area contributed by atoms with Gasteiger partial charge in [-0.25, -0.2) is 4.79 Å². The first kappa shape index (κ1) is 22.1. The largest absolute Gasteiger partial charge is 0.490 e. The zero-order valence-corrected chi connectivity index (χ0v) is 16.8. The number of halogens is 2. The van der Waals surface area contributed by atoms with Gasteiger partial charge in [0.25, 0.3) is 5.91 Å². The highest BCUT2D eigenvalue weighted by Gasteiger charge is 2.23. The molecule has 29 heavy (non-hydrogen) atoms. The molecule has 0 unspecified atom stereocenters. The minimum Gasteiger partial charge on any atom is -0.490 e. The maximum atomic E-state index is 12.5. The van der Waals surface area contributed by atoms with E-state index in [4.69, 9.17) is 9.47 Å². The van der Waals surface area contributed by atoms with Gasteiger partial charge in [-0.3, -0.25) is 9.48 Å². The quantitative estimate of drug-likeness (QED) is 0.671. The van der Waals surface area contributed by atoms with E-state index in [9.17, 15) is 18.4 Å². The molecule has 1 aromatic carbocycles. The molecular weight excluding hydrogens is 388 g/mol. The molecule has 2 rings (SSSR count). The number of ether oxygens (including phenoxy) is 3. The van der Waals surface area contributed by atoms with Crippen molar-refractivity contribution >= 4 is 17.6 Å². The standard InChI is InChI=1S/C19H23F2N3O5/c1-6-27-15-9-13(7-8-14(15)29-19(20)21)18(26)28-12(4)17(25)22-16-10(2)23-24(5)11(16)3/h7-9,12,19H,6H2,1-5H3,(H,22,25)/t12-/m1/s1. The van der Waals surface area contributed by atoms with Crippen LogP contribution in [-0.4, -0.2) is 41.0 Å². The van der Waals surface area contributed by atoms with Gasteiger partial charge in [0.2, 0.25) is 0 Å². The fourth-order valence-corrected chi connectivity index (χ4v) is 2.56. The van der Waals surface area contributed by atoms with Crippen molar-refractivity contribution in [2.24, 2.45) is 7.05 Å². The SMILES string of the molecule is CCOc1cc(C(=O)O[C@H](C)C(=O)Nc2c(C)nn(C)c2C)ccc1OC(F)F. The van der Waals surface area contributed by atoms with Gasteiger partial charge >= 0.3 is 12.6 Å². The Kier molecular flexibility index (Phi) is 7.13. The van der Waals surface area contributed by atoms with Crippen molar-refractivity contribution in [3.63, 3.8) is 0 Å². The Morgan fingerprint density at radius 2 is 1.93 bits per heavy atom. The van der Waals surface area contributed by atoms with Crippen molar-refractivity contribution in [2.45, 2.75) is 40.4 Å². The number of benzene rings is 1. The van der Waals surface area contributed by atoms with Gasteiger partial charge in [-0.15, -0.1) is 0 Å². The Morgan fingerprint density at radius 1 is 1.24 bits per heavy atom. The average molecular weight is 411 g/mol. The topological polar surface area (TPSA) is 91.7 Å². The normalized spacial score (nSPS) is 11.9. The van der Waals surface area contributed by atoms with E-state index in [0.717, 1.165) is 5.69 Å². The molecule has 0 fully saturated rings. The van der Waals surface area contributed by atoms with E-state index in [1.54, 1.807) is 32.5 Å². The van der Waals surface area contributed by atoms with Crippen molar-refractivity contribution < 1.29 is 32.6 Å². The fourth-order valence-electron chi connectivity index (χ4n) is 2.56. The first-order valence-electron chi connectivity index (χ1n) is 8.87. The van der Waals surface area contributed by atoms with E-state index < -0.39 is 24.6 Å². The molecule has 1 amide bonds. The number of rotatable bonds is 8. The zero-order valence-electron chi connectivity index (χ0n) is 16.8. The number of alkyl halides is 2. The molecule has 2 aromatic rings. The van der Waals surface area contributed by atoms with Crippen LogP contribution in [0.1, 0.15) is 35.6 Å². The summed E-state index contributed by atoms with van der Waals surface area (Å²) in [5.41, 5.74) is 1.97. The van der Waals surface area contributed by atoms with Gasteiger partial charge in [-0.1, -0.05) is 0 Å². The highest BCUT2D eigenvalue weighted by atomic mass is 19.3. The Labute approximate surface area is 166 Å². The second-order valence-corrected chi connectivity index (χ2v) is 6.18. The lowest BCUT2D eigenvalue weighted by Crippen LogP contribution is -2.30. The van der Waals surface area contributed by atoms with Crippen molar-refractivity contribution in [1.29, 1.82) is 0 Å². The first-order chi connectivity index (χ1) is 13.6. The molecule has 8 nitrogen and oxygen atoms in total. The third-order valence-electron chi connectivity index (χ3n) is 4.11. The second kappa shape index (κ2) is 9.35. The molecule has 0 radical (unpaired) electrons. The first-order valence-corrected chi connectivity index (χ1v) is 8.87. The minimum atomic E-state index is -3.03. The van der Waals surface area contributed by atoms with Gasteiger partial charge in [-0.2, -0.15) is 13.9 Å². The van der Waals surface area contributed by atoms with Crippen LogP contribution in [0.4, 0.5) is 14.5 Å². The average Bonchev–Trinajstić information content (AvgIpc) is 2.88. The summed E-state index contributed by atoms with van der Waals surface area (Å²) in [6.45, 7) is 3.77. The summed E-state index contributed by atoms with van der Waals surface area (Å²) in [5, 5.41) is 6.89. The Bertz CT molecular complexity index is 898. The van der Waals surface area contributed by atoms with E-state index in [2.05, 4.69) is 15.2 Å². The number of nitrogens with one attached hydrogen (secondary N) is 1. The number of amides is 1. The van der Waals surface area contributed by atoms with Crippen LogP contribution in [0.5, 0.6) is 11.5 Å². The van der Waals surface area contributed by atoms with Gasteiger partial charge in [0, 0.05) is 7.05 Å². The van der Waals surface area contributed by atoms with Crippen LogP contribution in [0, 0.1) is 13.8 Å². The third-order valence-corrected chi connectivity index (χ3v) is 4.11. The van der Waals surface area contributed by atoms with Gasteiger partial charge in [0.05, 0.1) is 29.2 Å². The van der Waals surface area contributed by atoms with Crippen molar-refractivity contribution in [3.8, 4) is 11.5 Å². The summed E-state index contributed by atoms with van der Waals surface area (Å²) in [5.74, 6) is -1.57. The monoisotopic (exact) mass is 411 g/mol. The molecule has 0 spiro atoms. The molecule has 0 saturated heterocycles. The van der Waals surface area contributed by atoms with Crippen LogP contribution in [-0.2, 0) is 16.6 Å². The molecule has 0 aliphatic rings. The van der Waals surface area contributed by atoms with E-state index in [1.807, 2.05) is 0 Å². The predicted octanol–water partition coefficient (Wildman–Crippen LogP) is 3.22. The van der Waals surface area contributed by atoms with Crippen molar-refractivity contribution in [2.75, 3.05) is 11.9 Å². The second-order valence-electron chi connectivity index (χ2n) is 6.18. The molecule has 1 N–H and O–H groups in total. The van der Waals surface area contributed by atoms with E-state index in [-0.39, 0.29) is 23.7 Å².